The van der Waals surface area contributed by atoms with Crippen LogP contribution >= 0.6 is 0 Å². The average Bonchev–Trinajstić information content (AvgIpc) is 2.39. The quantitative estimate of drug-likeness (QED) is 0.915. The molecule has 0 radical (unpaired) electrons. The number of fused-ring (bicyclic) bond motifs is 1. The molecule has 22 heavy (non-hydrogen) atoms. The maximum Gasteiger partial charge on any atom is 0.251 e. The lowest BCUT2D eigenvalue weighted by Gasteiger charge is -2.17. The topological polar surface area (TPSA) is 62.0 Å². The molecule has 0 saturated carbocycles. The van der Waals surface area contributed by atoms with Crippen molar-refractivity contribution in [1.82, 2.24) is 10.3 Å². The van der Waals surface area contributed by atoms with Crippen LogP contribution in [0.25, 0.3) is 10.9 Å². The molecule has 1 aromatic carbocycles. The predicted molar refractivity (Wildman–Crippen MR) is 90.2 cm³/mol. The molecule has 0 aliphatic heterocycles. The number of aromatic amines is 1. The molecule has 1 heterocycles. The fourth-order valence-electron chi connectivity index (χ4n) is 2.49. The van der Waals surface area contributed by atoms with Crippen LogP contribution in [-0.2, 0) is 11.2 Å². The lowest BCUT2D eigenvalue weighted by molar-refractivity contribution is -0.128. The van der Waals surface area contributed by atoms with Crippen molar-refractivity contribution in [2.45, 2.75) is 41.0 Å². The number of hydrogen-bond donors (Lipinski definition) is 2. The minimum atomic E-state index is -0.413. The molecule has 0 spiro atoms. The predicted octanol–water partition coefficient (Wildman–Crippen LogP) is 2.85. The normalized spacial score (nSPS) is 11.7. The summed E-state index contributed by atoms with van der Waals surface area (Å²) in [4.78, 5) is 27.0. The Kier molecular flexibility index (Phi) is 4.40. The summed E-state index contributed by atoms with van der Waals surface area (Å²) in [6.07, 6.45) is 0.528. The van der Waals surface area contributed by atoms with Crippen LogP contribution in [0, 0.1) is 19.3 Å². The smallest absolute Gasteiger partial charge is 0.251 e. The number of aromatic nitrogens is 1. The van der Waals surface area contributed by atoms with Crippen LogP contribution in [0.15, 0.2) is 23.0 Å². The Balaban J connectivity index is 2.20. The van der Waals surface area contributed by atoms with Gasteiger partial charge in [-0.2, -0.15) is 0 Å². The van der Waals surface area contributed by atoms with Gasteiger partial charge in [0.1, 0.15) is 0 Å². The van der Waals surface area contributed by atoms with Crippen molar-refractivity contribution < 1.29 is 4.79 Å². The molecule has 1 amide bonds. The summed E-state index contributed by atoms with van der Waals surface area (Å²) < 4.78 is 0. The van der Waals surface area contributed by atoms with Crippen molar-refractivity contribution >= 4 is 16.8 Å². The molecular formula is C18H24N2O2. The molecule has 118 valence electrons. The third-order valence-corrected chi connectivity index (χ3v) is 3.73. The summed E-state index contributed by atoms with van der Waals surface area (Å²) in [5, 5.41) is 3.91. The summed E-state index contributed by atoms with van der Waals surface area (Å²) in [5.74, 6) is -0.00333. The summed E-state index contributed by atoms with van der Waals surface area (Å²) in [7, 11) is 0. The number of rotatable bonds is 3. The van der Waals surface area contributed by atoms with Crippen molar-refractivity contribution in [3.8, 4) is 0 Å². The van der Waals surface area contributed by atoms with E-state index in [4.69, 9.17) is 0 Å². The Labute approximate surface area is 130 Å². The van der Waals surface area contributed by atoms with Crippen molar-refractivity contribution in [2.24, 2.45) is 5.41 Å². The second-order valence-corrected chi connectivity index (χ2v) is 6.93. The highest BCUT2D eigenvalue weighted by atomic mass is 16.2. The SMILES string of the molecule is Cc1cc(C)c2[nH]c(=O)c(CCNC(=O)C(C)(C)C)cc2c1. The molecule has 0 atom stereocenters. The number of carbonyl (C=O) groups is 1. The van der Waals surface area contributed by atoms with E-state index in [1.807, 2.05) is 40.7 Å². The fourth-order valence-corrected chi connectivity index (χ4v) is 2.49. The second kappa shape index (κ2) is 5.95. The van der Waals surface area contributed by atoms with Crippen LogP contribution in [0.4, 0.5) is 0 Å². The van der Waals surface area contributed by atoms with Gasteiger partial charge in [0.05, 0.1) is 5.52 Å². The Hall–Kier alpha value is -2.10. The van der Waals surface area contributed by atoms with E-state index in [9.17, 15) is 9.59 Å². The van der Waals surface area contributed by atoms with E-state index < -0.39 is 5.41 Å². The van der Waals surface area contributed by atoms with Crippen LogP contribution in [-0.4, -0.2) is 17.4 Å². The van der Waals surface area contributed by atoms with Gasteiger partial charge in [0.25, 0.3) is 5.56 Å². The first-order valence-electron chi connectivity index (χ1n) is 7.60. The van der Waals surface area contributed by atoms with Crippen molar-refractivity contribution in [1.29, 1.82) is 0 Å². The highest BCUT2D eigenvalue weighted by Crippen LogP contribution is 2.18. The average molecular weight is 300 g/mol. The maximum atomic E-state index is 12.2. The van der Waals surface area contributed by atoms with Gasteiger partial charge in [0.15, 0.2) is 0 Å². The molecule has 0 unspecified atom stereocenters. The summed E-state index contributed by atoms with van der Waals surface area (Å²) >= 11 is 0. The number of nitrogens with one attached hydrogen (secondary N) is 2. The van der Waals surface area contributed by atoms with Gasteiger partial charge in [-0.05, 0) is 43.4 Å². The first kappa shape index (κ1) is 16.3. The Morgan fingerprint density at radius 3 is 2.50 bits per heavy atom. The van der Waals surface area contributed by atoms with Gasteiger partial charge in [0, 0.05) is 17.5 Å². The summed E-state index contributed by atoms with van der Waals surface area (Å²) in [6.45, 7) is 10.1. The molecule has 0 fully saturated rings. The van der Waals surface area contributed by atoms with Crippen LogP contribution in [0.1, 0.15) is 37.5 Å². The number of hydrogen-bond acceptors (Lipinski definition) is 2. The van der Waals surface area contributed by atoms with Gasteiger partial charge >= 0.3 is 0 Å². The highest BCUT2D eigenvalue weighted by molar-refractivity contribution is 5.83. The Morgan fingerprint density at radius 1 is 1.18 bits per heavy atom. The van der Waals surface area contributed by atoms with Gasteiger partial charge in [-0.3, -0.25) is 9.59 Å². The number of amides is 1. The van der Waals surface area contributed by atoms with Crippen LogP contribution in [0.3, 0.4) is 0 Å². The van der Waals surface area contributed by atoms with E-state index in [0.29, 0.717) is 18.5 Å². The minimum absolute atomic E-state index is 0.00333. The number of aryl methyl sites for hydroxylation is 2. The van der Waals surface area contributed by atoms with E-state index in [2.05, 4.69) is 22.4 Å². The molecule has 2 rings (SSSR count). The van der Waals surface area contributed by atoms with Crippen LogP contribution in [0.2, 0.25) is 0 Å². The molecule has 0 saturated heterocycles. The summed E-state index contributed by atoms with van der Waals surface area (Å²) in [5.41, 5.74) is 3.34. The lowest BCUT2D eigenvalue weighted by atomic mass is 9.95. The molecule has 2 aromatic rings. The van der Waals surface area contributed by atoms with Gasteiger partial charge in [0.2, 0.25) is 5.91 Å². The number of benzene rings is 1. The van der Waals surface area contributed by atoms with Crippen LogP contribution < -0.4 is 10.9 Å². The zero-order chi connectivity index (χ0) is 16.5. The van der Waals surface area contributed by atoms with E-state index in [-0.39, 0.29) is 11.5 Å². The molecule has 4 heteroatoms. The molecule has 1 aromatic heterocycles. The van der Waals surface area contributed by atoms with Gasteiger partial charge in [-0.25, -0.2) is 0 Å². The first-order valence-corrected chi connectivity index (χ1v) is 7.60. The third-order valence-electron chi connectivity index (χ3n) is 3.73. The van der Waals surface area contributed by atoms with E-state index in [1.165, 1.54) is 5.56 Å². The van der Waals surface area contributed by atoms with Crippen molar-refractivity contribution in [3.05, 3.63) is 45.2 Å². The lowest BCUT2D eigenvalue weighted by Crippen LogP contribution is -2.36. The van der Waals surface area contributed by atoms with Crippen LogP contribution in [0.5, 0.6) is 0 Å². The van der Waals surface area contributed by atoms with Gasteiger partial charge < -0.3 is 10.3 Å². The van der Waals surface area contributed by atoms with E-state index >= 15 is 0 Å². The van der Waals surface area contributed by atoms with Crippen molar-refractivity contribution in [3.63, 3.8) is 0 Å². The number of H-pyrrole nitrogens is 1. The van der Waals surface area contributed by atoms with Crippen molar-refractivity contribution in [2.75, 3.05) is 6.54 Å². The van der Waals surface area contributed by atoms with E-state index in [1.54, 1.807) is 0 Å². The highest BCUT2D eigenvalue weighted by Gasteiger charge is 2.20. The second-order valence-electron chi connectivity index (χ2n) is 6.93. The standard InChI is InChI=1S/C18H24N2O2/c1-11-8-12(2)15-14(9-11)10-13(16(21)20-15)6-7-19-17(22)18(3,4)5/h8-10H,6-7H2,1-5H3,(H,19,22)(H,20,21). The number of pyridine rings is 1. The third kappa shape index (κ3) is 3.56. The molecule has 2 N–H and O–H groups in total. The molecule has 0 aliphatic rings. The fraction of sp³-hybridized carbons (Fsp3) is 0.444. The Morgan fingerprint density at radius 2 is 1.86 bits per heavy atom. The zero-order valence-electron chi connectivity index (χ0n) is 14.0. The molecule has 0 bridgehead atoms. The maximum absolute atomic E-state index is 12.2. The first-order chi connectivity index (χ1) is 10.2. The Bertz CT molecular complexity index is 767. The largest absolute Gasteiger partial charge is 0.355 e. The molecule has 0 aliphatic carbocycles. The number of carbonyl (C=O) groups excluding carboxylic acids is 1. The van der Waals surface area contributed by atoms with E-state index in [0.717, 1.165) is 16.5 Å². The molecule has 4 nitrogen and oxygen atoms in total. The monoisotopic (exact) mass is 300 g/mol. The van der Waals surface area contributed by atoms with Gasteiger partial charge in [-0.1, -0.05) is 32.4 Å². The van der Waals surface area contributed by atoms with Gasteiger partial charge in [-0.15, -0.1) is 0 Å². The summed E-state index contributed by atoms with van der Waals surface area (Å²) in [6, 6.07) is 6.05. The minimum Gasteiger partial charge on any atom is -0.355 e. The zero-order valence-corrected chi connectivity index (χ0v) is 14.0. The molecular weight excluding hydrogens is 276 g/mol.